The van der Waals surface area contributed by atoms with Gasteiger partial charge < -0.3 is 10.1 Å². The number of amides is 1. The third-order valence-electron chi connectivity index (χ3n) is 4.51. The quantitative estimate of drug-likeness (QED) is 0.709. The molecule has 0 spiro atoms. The molecule has 1 aliphatic heterocycles. The minimum Gasteiger partial charge on any atom is -0.491 e. The Labute approximate surface area is 156 Å². The van der Waals surface area contributed by atoms with E-state index in [2.05, 4.69) is 17.1 Å². The molecule has 0 aromatic heterocycles. The standard InChI is InChI=1S/C19H30N2O4S/c1-15(2)25-17-6-8-18(9-7-17)26(23,24)13-10-19(22)20-14-16(3)21-11-4-5-12-21/h6-9,15-16H,4-5,10-14H2,1-3H3,(H,20,22). The summed E-state index contributed by atoms with van der Waals surface area (Å²) in [5.41, 5.74) is 0. The Balaban J connectivity index is 1.80. The first-order valence-electron chi connectivity index (χ1n) is 9.28. The van der Waals surface area contributed by atoms with Crippen LogP contribution in [0.4, 0.5) is 0 Å². The summed E-state index contributed by atoms with van der Waals surface area (Å²) >= 11 is 0. The maximum atomic E-state index is 12.4. The van der Waals surface area contributed by atoms with Gasteiger partial charge in [0.05, 0.1) is 16.8 Å². The lowest BCUT2D eigenvalue weighted by Crippen LogP contribution is -2.41. The van der Waals surface area contributed by atoms with Crippen molar-refractivity contribution < 1.29 is 17.9 Å². The molecule has 1 saturated heterocycles. The van der Waals surface area contributed by atoms with E-state index in [-0.39, 0.29) is 35.1 Å². The fourth-order valence-corrected chi connectivity index (χ4v) is 4.24. The van der Waals surface area contributed by atoms with E-state index >= 15 is 0 Å². The van der Waals surface area contributed by atoms with Crippen molar-refractivity contribution in [3.05, 3.63) is 24.3 Å². The Morgan fingerprint density at radius 3 is 2.35 bits per heavy atom. The van der Waals surface area contributed by atoms with Crippen LogP contribution in [0.15, 0.2) is 29.2 Å². The minimum atomic E-state index is -3.48. The molecule has 2 rings (SSSR count). The van der Waals surface area contributed by atoms with Gasteiger partial charge in [-0.2, -0.15) is 0 Å². The van der Waals surface area contributed by atoms with Gasteiger partial charge in [-0.1, -0.05) is 0 Å². The lowest BCUT2D eigenvalue weighted by molar-refractivity contribution is -0.120. The number of nitrogens with zero attached hydrogens (tertiary/aromatic N) is 1. The van der Waals surface area contributed by atoms with Gasteiger partial charge in [0.15, 0.2) is 9.84 Å². The van der Waals surface area contributed by atoms with E-state index in [1.54, 1.807) is 12.1 Å². The summed E-state index contributed by atoms with van der Waals surface area (Å²) in [4.78, 5) is 14.6. The van der Waals surface area contributed by atoms with E-state index in [1.165, 1.54) is 25.0 Å². The number of hydrogen-bond donors (Lipinski definition) is 1. The van der Waals surface area contributed by atoms with Crippen molar-refractivity contribution >= 4 is 15.7 Å². The zero-order valence-corrected chi connectivity index (χ0v) is 16.7. The summed E-state index contributed by atoms with van der Waals surface area (Å²) in [6.07, 6.45) is 2.41. The molecule has 0 saturated carbocycles. The van der Waals surface area contributed by atoms with Crippen LogP contribution >= 0.6 is 0 Å². The molecule has 1 aromatic carbocycles. The van der Waals surface area contributed by atoms with Gasteiger partial charge in [-0.05, 0) is 71.0 Å². The van der Waals surface area contributed by atoms with Crippen LogP contribution in [0.1, 0.15) is 40.0 Å². The van der Waals surface area contributed by atoms with E-state index < -0.39 is 9.84 Å². The van der Waals surface area contributed by atoms with E-state index in [0.29, 0.717) is 12.3 Å². The van der Waals surface area contributed by atoms with Gasteiger partial charge in [-0.15, -0.1) is 0 Å². The second-order valence-corrected chi connectivity index (χ2v) is 9.21. The zero-order chi connectivity index (χ0) is 19.2. The van der Waals surface area contributed by atoms with Gasteiger partial charge in [0.2, 0.25) is 5.91 Å². The zero-order valence-electron chi connectivity index (χ0n) is 15.9. The molecule has 1 heterocycles. The van der Waals surface area contributed by atoms with Crippen LogP contribution in [0.2, 0.25) is 0 Å². The monoisotopic (exact) mass is 382 g/mol. The summed E-state index contributed by atoms with van der Waals surface area (Å²) in [5.74, 6) is 0.216. The average Bonchev–Trinajstić information content (AvgIpc) is 3.12. The Bertz CT molecular complexity index is 680. The van der Waals surface area contributed by atoms with Crippen LogP contribution in [0.25, 0.3) is 0 Å². The van der Waals surface area contributed by atoms with Gasteiger partial charge in [-0.3, -0.25) is 9.69 Å². The Kier molecular flexibility index (Phi) is 7.46. The molecule has 1 aromatic rings. The molecule has 0 bridgehead atoms. The minimum absolute atomic E-state index is 0.0285. The molecule has 0 aliphatic carbocycles. The lowest BCUT2D eigenvalue weighted by atomic mass is 10.3. The molecule has 1 aliphatic rings. The number of ether oxygens (including phenoxy) is 1. The molecule has 1 fully saturated rings. The van der Waals surface area contributed by atoms with Gasteiger partial charge in [-0.25, -0.2) is 8.42 Å². The predicted octanol–water partition coefficient (Wildman–Crippen LogP) is 2.24. The van der Waals surface area contributed by atoms with Gasteiger partial charge in [0.1, 0.15) is 5.75 Å². The molecule has 26 heavy (non-hydrogen) atoms. The molecule has 146 valence electrons. The van der Waals surface area contributed by atoms with Gasteiger partial charge in [0, 0.05) is 19.0 Å². The molecule has 1 amide bonds. The number of sulfone groups is 1. The third-order valence-corrected chi connectivity index (χ3v) is 6.24. The van der Waals surface area contributed by atoms with Crippen molar-refractivity contribution in [1.29, 1.82) is 0 Å². The molecular weight excluding hydrogens is 352 g/mol. The Hall–Kier alpha value is -1.60. The van der Waals surface area contributed by atoms with Crippen LogP contribution in [0.5, 0.6) is 5.75 Å². The number of likely N-dealkylation sites (tertiary alicyclic amines) is 1. The van der Waals surface area contributed by atoms with Crippen molar-refractivity contribution in [1.82, 2.24) is 10.2 Å². The number of rotatable bonds is 9. The molecule has 1 unspecified atom stereocenters. The summed E-state index contributed by atoms with van der Waals surface area (Å²) < 4.78 is 30.3. The SMILES string of the molecule is CC(C)Oc1ccc(S(=O)(=O)CCC(=O)NCC(C)N2CCCC2)cc1. The summed E-state index contributed by atoms with van der Waals surface area (Å²) in [7, 11) is -3.48. The lowest BCUT2D eigenvalue weighted by Gasteiger charge is -2.23. The fourth-order valence-electron chi connectivity index (χ4n) is 3.00. The molecule has 1 N–H and O–H groups in total. The van der Waals surface area contributed by atoms with Crippen molar-refractivity contribution in [2.24, 2.45) is 0 Å². The van der Waals surface area contributed by atoms with E-state index in [9.17, 15) is 13.2 Å². The van der Waals surface area contributed by atoms with Crippen molar-refractivity contribution in [2.75, 3.05) is 25.4 Å². The van der Waals surface area contributed by atoms with E-state index in [1.807, 2.05) is 13.8 Å². The van der Waals surface area contributed by atoms with Crippen molar-refractivity contribution in [2.45, 2.75) is 57.1 Å². The number of hydrogen-bond acceptors (Lipinski definition) is 5. The van der Waals surface area contributed by atoms with Crippen LogP contribution < -0.4 is 10.1 Å². The highest BCUT2D eigenvalue weighted by Crippen LogP contribution is 2.18. The fraction of sp³-hybridized carbons (Fsp3) is 0.632. The van der Waals surface area contributed by atoms with E-state index in [0.717, 1.165) is 13.1 Å². The van der Waals surface area contributed by atoms with Crippen molar-refractivity contribution in [3.63, 3.8) is 0 Å². The molecular formula is C19H30N2O4S. The summed E-state index contributed by atoms with van der Waals surface area (Å²) in [6, 6.07) is 6.63. The molecule has 1 atom stereocenters. The summed E-state index contributed by atoms with van der Waals surface area (Å²) in [6.45, 7) is 8.61. The average molecular weight is 383 g/mol. The van der Waals surface area contributed by atoms with Crippen molar-refractivity contribution in [3.8, 4) is 5.75 Å². The van der Waals surface area contributed by atoms with Gasteiger partial charge >= 0.3 is 0 Å². The molecule has 0 radical (unpaired) electrons. The Morgan fingerprint density at radius 2 is 1.77 bits per heavy atom. The van der Waals surface area contributed by atoms with Crippen LogP contribution in [-0.2, 0) is 14.6 Å². The number of carbonyl (C=O) groups excluding carboxylic acids is 1. The number of benzene rings is 1. The highest BCUT2D eigenvalue weighted by atomic mass is 32.2. The number of carbonyl (C=O) groups is 1. The highest BCUT2D eigenvalue weighted by molar-refractivity contribution is 7.91. The molecule has 6 nitrogen and oxygen atoms in total. The smallest absolute Gasteiger partial charge is 0.221 e. The van der Waals surface area contributed by atoms with Crippen LogP contribution in [0.3, 0.4) is 0 Å². The maximum Gasteiger partial charge on any atom is 0.221 e. The first-order valence-corrected chi connectivity index (χ1v) is 10.9. The predicted molar refractivity (Wildman–Crippen MR) is 102 cm³/mol. The van der Waals surface area contributed by atoms with Gasteiger partial charge in [0.25, 0.3) is 0 Å². The molecule has 7 heteroatoms. The largest absolute Gasteiger partial charge is 0.491 e. The third kappa shape index (κ3) is 6.29. The maximum absolute atomic E-state index is 12.4. The number of nitrogens with one attached hydrogen (secondary N) is 1. The first-order chi connectivity index (χ1) is 12.3. The Morgan fingerprint density at radius 1 is 1.15 bits per heavy atom. The second-order valence-electron chi connectivity index (χ2n) is 7.10. The summed E-state index contributed by atoms with van der Waals surface area (Å²) in [5, 5.41) is 2.85. The van der Waals surface area contributed by atoms with Crippen LogP contribution in [0, 0.1) is 0 Å². The topological polar surface area (TPSA) is 75.7 Å². The first kappa shape index (κ1) is 20.7. The van der Waals surface area contributed by atoms with E-state index in [4.69, 9.17) is 4.74 Å². The van der Waals surface area contributed by atoms with Crippen LogP contribution in [-0.4, -0.2) is 56.8 Å². The second kappa shape index (κ2) is 9.37. The normalized spacial score (nSPS) is 16.6. The highest BCUT2D eigenvalue weighted by Gasteiger charge is 2.20.